The molecule has 0 aliphatic carbocycles. The van der Waals surface area contributed by atoms with Crippen LogP contribution < -0.4 is 5.73 Å². The van der Waals surface area contributed by atoms with Crippen molar-refractivity contribution in [1.29, 1.82) is 0 Å². The Morgan fingerprint density at radius 1 is 1.30 bits per heavy atom. The summed E-state index contributed by atoms with van der Waals surface area (Å²) in [7, 11) is 3.45. The van der Waals surface area contributed by atoms with Gasteiger partial charge in [0.1, 0.15) is 10.7 Å². The molecule has 0 bridgehead atoms. The number of rotatable bonds is 2. The summed E-state index contributed by atoms with van der Waals surface area (Å²) >= 11 is 1.40. The van der Waals surface area contributed by atoms with Crippen LogP contribution in [-0.4, -0.2) is 71.9 Å². The first-order valence-electron chi connectivity index (χ1n) is 6.43. The Morgan fingerprint density at radius 2 is 1.90 bits per heavy atom. The van der Waals surface area contributed by atoms with E-state index in [1.807, 2.05) is 0 Å². The Hall–Kier alpha value is -1.67. The predicted octanol–water partition coefficient (Wildman–Crippen LogP) is 0.0412. The van der Waals surface area contributed by atoms with Crippen molar-refractivity contribution in [1.82, 2.24) is 19.7 Å². The van der Waals surface area contributed by atoms with E-state index in [4.69, 9.17) is 5.73 Å². The van der Waals surface area contributed by atoms with Crippen LogP contribution in [-0.2, 0) is 6.54 Å². The van der Waals surface area contributed by atoms with Crippen LogP contribution in [0.3, 0.4) is 0 Å². The third-order valence-corrected chi connectivity index (χ3v) is 4.04. The number of hydrogen-bond acceptors (Lipinski definition) is 5. The summed E-state index contributed by atoms with van der Waals surface area (Å²) in [6.45, 7) is 2.53. The van der Waals surface area contributed by atoms with Gasteiger partial charge < -0.3 is 20.4 Å². The standard InChI is InChI=1S/C12H19N5O2S/c1-15(2)12(19)17-5-3-16(4-6-17)11(18)9-8-20-10(7-13)14-9/h8H,3-7,13H2,1-2H3. The maximum absolute atomic E-state index is 12.3. The van der Waals surface area contributed by atoms with Gasteiger partial charge in [0.15, 0.2) is 0 Å². The summed E-state index contributed by atoms with van der Waals surface area (Å²) in [5.41, 5.74) is 5.94. The zero-order valence-electron chi connectivity index (χ0n) is 11.7. The van der Waals surface area contributed by atoms with E-state index in [2.05, 4.69) is 4.98 Å². The molecule has 0 aromatic carbocycles. The zero-order chi connectivity index (χ0) is 14.7. The van der Waals surface area contributed by atoms with Gasteiger partial charge in [0.2, 0.25) is 0 Å². The largest absolute Gasteiger partial charge is 0.334 e. The van der Waals surface area contributed by atoms with E-state index >= 15 is 0 Å². The lowest BCUT2D eigenvalue weighted by Crippen LogP contribution is -2.52. The third kappa shape index (κ3) is 3.07. The fourth-order valence-electron chi connectivity index (χ4n) is 2.05. The van der Waals surface area contributed by atoms with Crippen molar-refractivity contribution in [2.75, 3.05) is 40.3 Å². The smallest absolute Gasteiger partial charge is 0.319 e. The maximum atomic E-state index is 12.3. The first kappa shape index (κ1) is 14.7. The predicted molar refractivity (Wildman–Crippen MR) is 76.6 cm³/mol. The van der Waals surface area contributed by atoms with Gasteiger partial charge in [-0.15, -0.1) is 11.3 Å². The summed E-state index contributed by atoms with van der Waals surface area (Å²) in [5, 5.41) is 2.50. The second kappa shape index (κ2) is 6.19. The van der Waals surface area contributed by atoms with E-state index in [0.717, 1.165) is 5.01 Å². The molecule has 0 spiro atoms. The summed E-state index contributed by atoms with van der Waals surface area (Å²) in [5.74, 6) is -0.0853. The quantitative estimate of drug-likeness (QED) is 0.835. The van der Waals surface area contributed by atoms with Crippen LogP contribution in [0.1, 0.15) is 15.5 Å². The molecule has 1 aromatic heterocycles. The second-order valence-electron chi connectivity index (χ2n) is 4.79. The van der Waals surface area contributed by atoms with E-state index in [1.54, 1.807) is 34.2 Å². The topological polar surface area (TPSA) is 82.8 Å². The molecular weight excluding hydrogens is 278 g/mol. The lowest BCUT2D eigenvalue weighted by Gasteiger charge is -2.35. The van der Waals surface area contributed by atoms with Crippen molar-refractivity contribution < 1.29 is 9.59 Å². The minimum atomic E-state index is -0.0853. The van der Waals surface area contributed by atoms with Crippen LogP contribution in [0.2, 0.25) is 0 Å². The zero-order valence-corrected chi connectivity index (χ0v) is 12.5. The van der Waals surface area contributed by atoms with Crippen molar-refractivity contribution in [3.8, 4) is 0 Å². The molecule has 3 amide bonds. The Morgan fingerprint density at radius 3 is 2.40 bits per heavy atom. The molecule has 0 saturated carbocycles. The Labute approximate surface area is 122 Å². The van der Waals surface area contributed by atoms with Crippen molar-refractivity contribution in [2.45, 2.75) is 6.54 Å². The van der Waals surface area contributed by atoms with Crippen LogP contribution in [0.5, 0.6) is 0 Å². The number of urea groups is 1. The molecule has 8 heteroatoms. The molecule has 1 aliphatic heterocycles. The number of nitrogens with zero attached hydrogens (tertiary/aromatic N) is 4. The molecule has 0 atom stereocenters. The third-order valence-electron chi connectivity index (χ3n) is 3.17. The summed E-state index contributed by atoms with van der Waals surface area (Å²) < 4.78 is 0. The average molecular weight is 297 g/mol. The van der Waals surface area contributed by atoms with Gasteiger partial charge in [-0.3, -0.25) is 4.79 Å². The molecule has 2 heterocycles. The van der Waals surface area contributed by atoms with Gasteiger partial charge >= 0.3 is 6.03 Å². The van der Waals surface area contributed by atoms with Gasteiger partial charge in [-0.1, -0.05) is 0 Å². The molecule has 1 saturated heterocycles. The highest BCUT2D eigenvalue weighted by Crippen LogP contribution is 2.13. The van der Waals surface area contributed by atoms with E-state index in [-0.39, 0.29) is 11.9 Å². The molecule has 1 fully saturated rings. The number of carbonyl (C=O) groups is 2. The minimum Gasteiger partial charge on any atom is -0.334 e. The molecular formula is C12H19N5O2S. The monoisotopic (exact) mass is 297 g/mol. The van der Waals surface area contributed by atoms with Crippen molar-refractivity contribution >= 4 is 23.3 Å². The number of carbonyl (C=O) groups excluding carboxylic acids is 2. The Balaban J connectivity index is 1.93. The van der Waals surface area contributed by atoms with E-state index in [1.165, 1.54) is 11.3 Å². The van der Waals surface area contributed by atoms with Crippen LogP contribution in [0.25, 0.3) is 0 Å². The van der Waals surface area contributed by atoms with Gasteiger partial charge in [-0.2, -0.15) is 0 Å². The van der Waals surface area contributed by atoms with E-state index < -0.39 is 0 Å². The van der Waals surface area contributed by atoms with Crippen LogP contribution in [0.15, 0.2) is 5.38 Å². The highest BCUT2D eigenvalue weighted by Gasteiger charge is 2.26. The average Bonchev–Trinajstić information content (AvgIpc) is 2.94. The highest BCUT2D eigenvalue weighted by molar-refractivity contribution is 7.09. The minimum absolute atomic E-state index is 0.0174. The number of hydrogen-bond donors (Lipinski definition) is 1. The molecule has 20 heavy (non-hydrogen) atoms. The Kier molecular flexibility index (Phi) is 4.56. The molecule has 1 aliphatic rings. The van der Waals surface area contributed by atoms with Crippen LogP contribution in [0.4, 0.5) is 4.79 Å². The fraction of sp³-hybridized carbons (Fsp3) is 0.583. The molecule has 0 unspecified atom stereocenters. The molecule has 2 rings (SSSR count). The highest BCUT2D eigenvalue weighted by atomic mass is 32.1. The summed E-state index contributed by atoms with van der Waals surface area (Å²) in [4.78, 5) is 33.3. The molecule has 7 nitrogen and oxygen atoms in total. The first-order valence-corrected chi connectivity index (χ1v) is 7.31. The molecule has 2 N–H and O–H groups in total. The number of thiazole rings is 1. The molecule has 110 valence electrons. The van der Waals surface area contributed by atoms with E-state index in [0.29, 0.717) is 38.4 Å². The van der Waals surface area contributed by atoms with Gasteiger partial charge in [0, 0.05) is 52.2 Å². The molecule has 1 aromatic rings. The molecule has 0 radical (unpaired) electrons. The SMILES string of the molecule is CN(C)C(=O)N1CCN(C(=O)c2csc(CN)n2)CC1. The summed E-state index contributed by atoms with van der Waals surface area (Å²) in [6.07, 6.45) is 0. The van der Waals surface area contributed by atoms with Crippen molar-refractivity contribution in [3.05, 3.63) is 16.1 Å². The number of nitrogens with two attached hydrogens (primary N) is 1. The lowest BCUT2D eigenvalue weighted by atomic mass is 10.3. The first-order chi connectivity index (χ1) is 9.52. The van der Waals surface area contributed by atoms with Gasteiger partial charge in [-0.25, -0.2) is 9.78 Å². The van der Waals surface area contributed by atoms with Crippen molar-refractivity contribution in [3.63, 3.8) is 0 Å². The van der Waals surface area contributed by atoms with Gasteiger partial charge in [-0.05, 0) is 0 Å². The number of piperazine rings is 1. The lowest BCUT2D eigenvalue weighted by molar-refractivity contribution is 0.0645. The van der Waals surface area contributed by atoms with Gasteiger partial charge in [0.25, 0.3) is 5.91 Å². The van der Waals surface area contributed by atoms with Crippen LogP contribution in [0, 0.1) is 0 Å². The maximum Gasteiger partial charge on any atom is 0.319 e. The van der Waals surface area contributed by atoms with Crippen LogP contribution >= 0.6 is 11.3 Å². The second-order valence-corrected chi connectivity index (χ2v) is 5.73. The van der Waals surface area contributed by atoms with E-state index in [9.17, 15) is 9.59 Å². The number of aromatic nitrogens is 1. The summed E-state index contributed by atoms with van der Waals surface area (Å²) in [6, 6.07) is -0.0174. The fourth-order valence-corrected chi connectivity index (χ4v) is 2.70. The Bertz CT molecular complexity index is 494. The van der Waals surface area contributed by atoms with Gasteiger partial charge in [0.05, 0.1) is 0 Å². The van der Waals surface area contributed by atoms with Crippen molar-refractivity contribution in [2.24, 2.45) is 5.73 Å². The number of amides is 3. The normalized spacial score (nSPS) is 15.3.